The lowest BCUT2D eigenvalue weighted by atomic mass is 10.2. The summed E-state index contributed by atoms with van der Waals surface area (Å²) in [7, 11) is 0. The van der Waals surface area contributed by atoms with Crippen LogP contribution in [0.5, 0.6) is 0 Å². The maximum absolute atomic E-state index is 10.6. The van der Waals surface area contributed by atoms with E-state index in [1.165, 1.54) is 12.3 Å². The molecule has 0 spiro atoms. The second-order valence-electron chi connectivity index (χ2n) is 2.13. The van der Waals surface area contributed by atoms with Crippen LogP contribution in [-0.2, 0) is 0 Å². The van der Waals surface area contributed by atoms with Crippen molar-refractivity contribution in [2.45, 2.75) is 0 Å². The van der Waals surface area contributed by atoms with Crippen LogP contribution in [0.1, 0.15) is 20.8 Å². The molecular formula is C7H4INO4. The van der Waals surface area contributed by atoms with Crippen molar-refractivity contribution in [2.75, 3.05) is 0 Å². The standard InChI is InChI=1S/C7H4INO4/c8-3-1-2-9-5(7(12)13)4(3)6(10)11/h1-2H,(H,10,11)(H,12,13). The SMILES string of the molecule is O=C(O)c1nccc(I)c1C(=O)O. The Morgan fingerprint density at radius 2 is 1.92 bits per heavy atom. The maximum Gasteiger partial charge on any atom is 0.355 e. The van der Waals surface area contributed by atoms with E-state index in [1.54, 1.807) is 22.6 Å². The van der Waals surface area contributed by atoms with Crippen LogP contribution in [-0.4, -0.2) is 27.1 Å². The molecule has 0 amide bonds. The number of carbonyl (C=O) groups is 2. The Morgan fingerprint density at radius 1 is 1.31 bits per heavy atom. The van der Waals surface area contributed by atoms with Crippen molar-refractivity contribution in [3.05, 3.63) is 27.1 Å². The van der Waals surface area contributed by atoms with Gasteiger partial charge in [0.2, 0.25) is 0 Å². The van der Waals surface area contributed by atoms with Gasteiger partial charge >= 0.3 is 11.9 Å². The van der Waals surface area contributed by atoms with E-state index in [9.17, 15) is 9.59 Å². The normalized spacial score (nSPS) is 9.62. The second kappa shape index (κ2) is 3.69. The van der Waals surface area contributed by atoms with Crippen LogP contribution in [0.2, 0.25) is 0 Å². The van der Waals surface area contributed by atoms with Crippen LogP contribution in [0.25, 0.3) is 0 Å². The highest BCUT2D eigenvalue weighted by Crippen LogP contribution is 2.14. The molecule has 0 aromatic carbocycles. The second-order valence-corrected chi connectivity index (χ2v) is 3.29. The summed E-state index contributed by atoms with van der Waals surface area (Å²) >= 11 is 1.75. The number of pyridine rings is 1. The van der Waals surface area contributed by atoms with Gasteiger partial charge in [-0.2, -0.15) is 0 Å². The lowest BCUT2D eigenvalue weighted by Crippen LogP contribution is -2.12. The molecule has 5 nitrogen and oxygen atoms in total. The highest BCUT2D eigenvalue weighted by molar-refractivity contribution is 14.1. The van der Waals surface area contributed by atoms with Crippen molar-refractivity contribution >= 4 is 34.5 Å². The Kier molecular flexibility index (Phi) is 2.81. The zero-order valence-corrected chi connectivity index (χ0v) is 8.35. The van der Waals surface area contributed by atoms with E-state index >= 15 is 0 Å². The first kappa shape index (κ1) is 9.90. The van der Waals surface area contributed by atoms with Crippen molar-refractivity contribution in [3.8, 4) is 0 Å². The van der Waals surface area contributed by atoms with Crippen LogP contribution in [0.15, 0.2) is 12.3 Å². The van der Waals surface area contributed by atoms with E-state index in [0.29, 0.717) is 3.57 Å². The van der Waals surface area contributed by atoms with Gasteiger partial charge in [-0.1, -0.05) is 0 Å². The van der Waals surface area contributed by atoms with Crippen molar-refractivity contribution in [2.24, 2.45) is 0 Å². The van der Waals surface area contributed by atoms with E-state index < -0.39 is 17.6 Å². The quantitative estimate of drug-likeness (QED) is 0.797. The molecule has 2 N–H and O–H groups in total. The van der Waals surface area contributed by atoms with Crippen LogP contribution < -0.4 is 0 Å². The van der Waals surface area contributed by atoms with Gasteiger partial charge < -0.3 is 10.2 Å². The number of rotatable bonds is 2. The van der Waals surface area contributed by atoms with Gasteiger partial charge in [0.15, 0.2) is 5.69 Å². The first-order valence-corrected chi connectivity index (χ1v) is 4.23. The van der Waals surface area contributed by atoms with Crippen molar-refractivity contribution in [1.29, 1.82) is 0 Å². The van der Waals surface area contributed by atoms with E-state index in [4.69, 9.17) is 10.2 Å². The third-order valence-corrected chi connectivity index (χ3v) is 2.22. The molecule has 0 bridgehead atoms. The minimum atomic E-state index is -1.34. The largest absolute Gasteiger partial charge is 0.478 e. The summed E-state index contributed by atoms with van der Waals surface area (Å²) in [5.74, 6) is -2.62. The molecule has 0 fully saturated rings. The first-order chi connectivity index (χ1) is 6.04. The van der Waals surface area contributed by atoms with E-state index in [2.05, 4.69) is 4.98 Å². The van der Waals surface area contributed by atoms with E-state index in [0.717, 1.165) is 0 Å². The number of carboxylic acids is 2. The topological polar surface area (TPSA) is 87.5 Å². The van der Waals surface area contributed by atoms with E-state index in [-0.39, 0.29) is 5.56 Å². The molecule has 0 saturated carbocycles. The number of aromatic carboxylic acids is 2. The van der Waals surface area contributed by atoms with E-state index in [1.807, 2.05) is 0 Å². The monoisotopic (exact) mass is 293 g/mol. The molecule has 0 unspecified atom stereocenters. The Morgan fingerprint density at radius 3 is 2.31 bits per heavy atom. The molecule has 0 saturated heterocycles. The van der Waals surface area contributed by atoms with Gasteiger partial charge in [-0.05, 0) is 28.7 Å². The molecule has 0 aliphatic rings. The third-order valence-electron chi connectivity index (χ3n) is 1.32. The average Bonchev–Trinajstić information content (AvgIpc) is 2.02. The van der Waals surface area contributed by atoms with Crippen molar-refractivity contribution in [3.63, 3.8) is 0 Å². The fraction of sp³-hybridized carbons (Fsp3) is 0. The zero-order chi connectivity index (χ0) is 10.0. The van der Waals surface area contributed by atoms with Gasteiger partial charge in [-0.25, -0.2) is 14.6 Å². The third kappa shape index (κ3) is 1.94. The summed E-state index contributed by atoms with van der Waals surface area (Å²) in [6, 6.07) is 1.44. The molecular weight excluding hydrogens is 289 g/mol. The van der Waals surface area contributed by atoms with Gasteiger partial charge in [-0.15, -0.1) is 0 Å². The summed E-state index contributed by atoms with van der Waals surface area (Å²) in [5, 5.41) is 17.3. The number of hydrogen-bond acceptors (Lipinski definition) is 3. The molecule has 0 aliphatic carbocycles. The molecule has 68 valence electrons. The molecule has 0 atom stereocenters. The molecule has 6 heteroatoms. The van der Waals surface area contributed by atoms with Crippen LogP contribution in [0.4, 0.5) is 0 Å². The van der Waals surface area contributed by atoms with Crippen LogP contribution in [0.3, 0.4) is 0 Å². The van der Waals surface area contributed by atoms with Gasteiger partial charge in [0.25, 0.3) is 0 Å². The average molecular weight is 293 g/mol. The highest BCUT2D eigenvalue weighted by atomic mass is 127. The van der Waals surface area contributed by atoms with Crippen LogP contribution in [0, 0.1) is 3.57 Å². The Hall–Kier alpha value is -1.18. The molecule has 0 radical (unpaired) electrons. The van der Waals surface area contributed by atoms with Crippen molar-refractivity contribution in [1.82, 2.24) is 4.98 Å². The van der Waals surface area contributed by atoms with Crippen LogP contribution >= 0.6 is 22.6 Å². The Balaban J connectivity index is 3.43. The smallest absolute Gasteiger partial charge is 0.355 e. The number of halogens is 1. The van der Waals surface area contributed by atoms with Crippen molar-refractivity contribution < 1.29 is 19.8 Å². The number of aromatic nitrogens is 1. The highest BCUT2D eigenvalue weighted by Gasteiger charge is 2.19. The molecule has 0 aliphatic heterocycles. The number of hydrogen-bond donors (Lipinski definition) is 2. The summed E-state index contributed by atoms with van der Waals surface area (Å²) in [5.41, 5.74) is -0.699. The number of carboxylic acid groups (broad SMARTS) is 2. The Bertz CT molecular complexity index is 377. The molecule has 1 rings (SSSR count). The lowest BCUT2D eigenvalue weighted by molar-refractivity contribution is 0.0645. The van der Waals surface area contributed by atoms with Gasteiger partial charge in [0.05, 0.1) is 0 Å². The fourth-order valence-corrected chi connectivity index (χ4v) is 1.45. The maximum atomic E-state index is 10.6. The summed E-state index contributed by atoms with van der Waals surface area (Å²) in [6.45, 7) is 0. The molecule has 1 aromatic heterocycles. The molecule has 1 aromatic rings. The van der Waals surface area contributed by atoms with Gasteiger partial charge in [0.1, 0.15) is 5.56 Å². The van der Waals surface area contributed by atoms with Gasteiger partial charge in [-0.3, -0.25) is 0 Å². The molecule has 1 heterocycles. The minimum absolute atomic E-state index is 0.268. The lowest BCUT2D eigenvalue weighted by Gasteiger charge is -2.01. The minimum Gasteiger partial charge on any atom is -0.478 e. The number of nitrogens with zero attached hydrogens (tertiary/aromatic N) is 1. The predicted octanol–water partition coefficient (Wildman–Crippen LogP) is 1.08. The van der Waals surface area contributed by atoms with Gasteiger partial charge in [0, 0.05) is 9.77 Å². The molecule has 13 heavy (non-hydrogen) atoms. The summed E-state index contributed by atoms with van der Waals surface area (Å²) < 4.78 is 0.359. The predicted molar refractivity (Wildman–Crippen MR) is 50.9 cm³/mol. The Labute approximate surface area is 86.6 Å². The summed E-state index contributed by atoms with van der Waals surface area (Å²) in [6.07, 6.45) is 1.26. The zero-order valence-electron chi connectivity index (χ0n) is 6.19. The summed E-state index contributed by atoms with van der Waals surface area (Å²) in [4.78, 5) is 24.7. The first-order valence-electron chi connectivity index (χ1n) is 3.15. The fourth-order valence-electron chi connectivity index (χ4n) is 0.804.